The van der Waals surface area contributed by atoms with E-state index in [1.54, 1.807) is 6.92 Å². The third-order valence-electron chi connectivity index (χ3n) is 5.38. The van der Waals surface area contributed by atoms with Crippen molar-refractivity contribution in [3.05, 3.63) is 29.8 Å². The molecule has 1 fully saturated rings. The van der Waals surface area contributed by atoms with E-state index in [-0.39, 0.29) is 23.9 Å². The molecule has 0 saturated carbocycles. The number of carboxylic acids is 1. The van der Waals surface area contributed by atoms with Crippen LogP contribution in [0, 0.1) is 0 Å². The van der Waals surface area contributed by atoms with Gasteiger partial charge in [-0.25, -0.2) is 0 Å². The third-order valence-corrected chi connectivity index (χ3v) is 5.38. The fourth-order valence-electron chi connectivity index (χ4n) is 3.63. The molecule has 28 heavy (non-hydrogen) atoms. The Labute approximate surface area is 168 Å². The Morgan fingerprint density at radius 3 is 2.64 bits per heavy atom. The molecule has 1 saturated heterocycles. The van der Waals surface area contributed by atoms with Crippen LogP contribution in [-0.2, 0) is 15.0 Å². The van der Waals surface area contributed by atoms with Crippen LogP contribution in [0.15, 0.2) is 24.3 Å². The summed E-state index contributed by atoms with van der Waals surface area (Å²) in [6, 6.07) is 8.11. The summed E-state index contributed by atoms with van der Waals surface area (Å²) in [5.74, 6) is -0.121. The second-order valence-electron chi connectivity index (χ2n) is 8.76. The second kappa shape index (κ2) is 9.41. The number of likely N-dealkylation sites (tertiary alicyclic amines) is 1. The van der Waals surface area contributed by atoms with Crippen LogP contribution in [0.5, 0.6) is 5.75 Å². The van der Waals surface area contributed by atoms with Crippen molar-refractivity contribution >= 4 is 11.9 Å². The minimum absolute atomic E-state index is 0.0114. The molecule has 0 aliphatic carbocycles. The molecule has 6 nitrogen and oxygen atoms in total. The third kappa shape index (κ3) is 6.23. The van der Waals surface area contributed by atoms with Crippen LogP contribution in [0.1, 0.15) is 52.5 Å². The summed E-state index contributed by atoms with van der Waals surface area (Å²) in [6.07, 6.45) is 1.99. The lowest BCUT2D eigenvalue weighted by atomic mass is 9.87. The number of likely N-dealkylation sites (N-methyl/N-ethyl adjacent to an activating group) is 1. The topological polar surface area (TPSA) is 70.1 Å². The van der Waals surface area contributed by atoms with Crippen molar-refractivity contribution in [1.82, 2.24) is 9.80 Å². The molecule has 0 bridgehead atoms. The van der Waals surface area contributed by atoms with Gasteiger partial charge in [0.2, 0.25) is 0 Å². The molecule has 2 unspecified atom stereocenters. The first-order valence-corrected chi connectivity index (χ1v) is 10.1. The Kier molecular flexibility index (Phi) is 7.47. The van der Waals surface area contributed by atoms with Gasteiger partial charge in [0.1, 0.15) is 5.75 Å². The van der Waals surface area contributed by atoms with Crippen LogP contribution >= 0.6 is 0 Å². The van der Waals surface area contributed by atoms with Crippen molar-refractivity contribution in [1.29, 1.82) is 0 Å². The van der Waals surface area contributed by atoms with Gasteiger partial charge in [0.15, 0.2) is 6.10 Å². The van der Waals surface area contributed by atoms with Crippen LogP contribution in [0.4, 0.5) is 0 Å². The minimum Gasteiger partial charge on any atom is -0.481 e. The van der Waals surface area contributed by atoms with E-state index in [1.165, 1.54) is 5.56 Å². The van der Waals surface area contributed by atoms with Gasteiger partial charge < -0.3 is 14.7 Å². The summed E-state index contributed by atoms with van der Waals surface area (Å²) in [6.45, 7) is 9.59. The fourth-order valence-corrected chi connectivity index (χ4v) is 3.63. The molecule has 156 valence electrons. The predicted molar refractivity (Wildman–Crippen MR) is 110 cm³/mol. The first-order valence-electron chi connectivity index (χ1n) is 10.1. The maximum Gasteiger partial charge on any atom is 0.317 e. The highest BCUT2D eigenvalue weighted by Crippen LogP contribution is 2.26. The monoisotopic (exact) mass is 390 g/mol. The van der Waals surface area contributed by atoms with Crippen molar-refractivity contribution in [2.75, 3.05) is 26.7 Å². The molecular formula is C22H34N2O4. The van der Waals surface area contributed by atoms with Gasteiger partial charge >= 0.3 is 5.97 Å². The molecule has 1 amide bonds. The number of carbonyl (C=O) groups excluding carboxylic acids is 1. The van der Waals surface area contributed by atoms with Gasteiger partial charge in [-0.15, -0.1) is 0 Å². The van der Waals surface area contributed by atoms with Crippen molar-refractivity contribution in [2.24, 2.45) is 0 Å². The van der Waals surface area contributed by atoms with E-state index in [1.807, 2.05) is 35.0 Å². The zero-order chi connectivity index (χ0) is 20.9. The van der Waals surface area contributed by atoms with Gasteiger partial charge in [0.25, 0.3) is 5.91 Å². The Hall–Kier alpha value is -2.08. The summed E-state index contributed by atoms with van der Waals surface area (Å²) in [5.41, 5.74) is 1.19. The SMILES string of the molecule is CC(Oc1cccc(C(C)(C)C)c1)C(=O)N1CCCC(N(C)CC(=O)O)CC1. The molecule has 1 N–H and O–H groups in total. The van der Waals surface area contributed by atoms with E-state index in [4.69, 9.17) is 9.84 Å². The Bertz CT molecular complexity index is 683. The van der Waals surface area contributed by atoms with Crippen LogP contribution in [-0.4, -0.2) is 65.6 Å². The lowest BCUT2D eigenvalue weighted by Gasteiger charge is -2.27. The van der Waals surface area contributed by atoms with Gasteiger partial charge in [-0.3, -0.25) is 14.5 Å². The molecule has 0 radical (unpaired) electrons. The first kappa shape index (κ1) is 22.2. The van der Waals surface area contributed by atoms with E-state index >= 15 is 0 Å². The zero-order valence-electron chi connectivity index (χ0n) is 17.8. The number of hydrogen-bond acceptors (Lipinski definition) is 4. The Balaban J connectivity index is 1.95. The molecule has 1 aliphatic rings. The summed E-state index contributed by atoms with van der Waals surface area (Å²) < 4.78 is 5.95. The van der Waals surface area contributed by atoms with Gasteiger partial charge in [-0.05, 0) is 56.3 Å². The smallest absolute Gasteiger partial charge is 0.317 e. The number of ether oxygens (including phenoxy) is 1. The Morgan fingerprint density at radius 2 is 2.00 bits per heavy atom. The highest BCUT2D eigenvalue weighted by Gasteiger charge is 2.27. The van der Waals surface area contributed by atoms with E-state index in [0.717, 1.165) is 19.3 Å². The number of nitrogens with zero attached hydrogens (tertiary/aromatic N) is 2. The average molecular weight is 391 g/mol. The number of carboxylic acid groups (broad SMARTS) is 1. The van der Waals surface area contributed by atoms with E-state index in [2.05, 4.69) is 26.8 Å². The molecule has 6 heteroatoms. The van der Waals surface area contributed by atoms with Crippen molar-refractivity contribution in [2.45, 2.75) is 64.5 Å². The largest absolute Gasteiger partial charge is 0.481 e. The van der Waals surface area contributed by atoms with Crippen molar-refractivity contribution in [3.63, 3.8) is 0 Å². The number of aliphatic carboxylic acids is 1. The van der Waals surface area contributed by atoms with Crippen LogP contribution in [0.25, 0.3) is 0 Å². The molecule has 0 aromatic heterocycles. The molecule has 1 aromatic carbocycles. The summed E-state index contributed by atoms with van der Waals surface area (Å²) in [7, 11) is 1.84. The van der Waals surface area contributed by atoms with Crippen molar-refractivity contribution in [3.8, 4) is 5.75 Å². The molecule has 1 aromatic rings. The second-order valence-corrected chi connectivity index (χ2v) is 8.76. The normalized spacial score (nSPS) is 19.2. The molecule has 2 atom stereocenters. The number of benzene rings is 1. The van der Waals surface area contributed by atoms with Gasteiger partial charge in [0.05, 0.1) is 6.54 Å². The average Bonchev–Trinajstić information content (AvgIpc) is 2.86. The van der Waals surface area contributed by atoms with Crippen LogP contribution in [0.3, 0.4) is 0 Å². The summed E-state index contributed by atoms with van der Waals surface area (Å²) in [5, 5.41) is 8.98. The first-order chi connectivity index (χ1) is 13.1. The predicted octanol–water partition coefficient (Wildman–Crippen LogP) is 3.15. The number of hydrogen-bond donors (Lipinski definition) is 1. The fraction of sp³-hybridized carbons (Fsp3) is 0.636. The summed E-state index contributed by atoms with van der Waals surface area (Å²) in [4.78, 5) is 27.5. The van der Waals surface area contributed by atoms with E-state index in [0.29, 0.717) is 18.8 Å². The van der Waals surface area contributed by atoms with Crippen molar-refractivity contribution < 1.29 is 19.4 Å². The Morgan fingerprint density at radius 1 is 1.29 bits per heavy atom. The zero-order valence-corrected chi connectivity index (χ0v) is 17.8. The standard InChI is InChI=1S/C22H34N2O4/c1-16(28-19-10-6-8-17(14-19)22(2,3)4)21(27)24-12-7-9-18(11-13-24)23(5)15-20(25)26/h6,8,10,14,16,18H,7,9,11-13,15H2,1-5H3,(H,25,26). The van der Waals surface area contributed by atoms with Gasteiger partial charge in [0, 0.05) is 19.1 Å². The molecule has 1 aliphatic heterocycles. The molecular weight excluding hydrogens is 356 g/mol. The summed E-state index contributed by atoms with van der Waals surface area (Å²) >= 11 is 0. The van der Waals surface area contributed by atoms with Crippen LogP contribution < -0.4 is 4.74 Å². The lowest BCUT2D eigenvalue weighted by Crippen LogP contribution is -2.42. The molecule has 1 heterocycles. The maximum absolute atomic E-state index is 12.9. The number of carbonyl (C=O) groups is 2. The molecule has 0 spiro atoms. The van der Waals surface area contributed by atoms with Crippen LogP contribution in [0.2, 0.25) is 0 Å². The molecule has 2 rings (SSSR count). The highest BCUT2D eigenvalue weighted by atomic mass is 16.5. The van der Waals surface area contributed by atoms with E-state index in [9.17, 15) is 9.59 Å². The van der Waals surface area contributed by atoms with Gasteiger partial charge in [-0.2, -0.15) is 0 Å². The number of rotatable bonds is 6. The minimum atomic E-state index is -0.820. The number of amides is 1. The lowest BCUT2D eigenvalue weighted by molar-refractivity contribution is -0.139. The quantitative estimate of drug-likeness (QED) is 0.808. The van der Waals surface area contributed by atoms with E-state index < -0.39 is 12.1 Å². The van der Waals surface area contributed by atoms with Gasteiger partial charge in [-0.1, -0.05) is 32.9 Å². The maximum atomic E-state index is 12.9. The highest BCUT2D eigenvalue weighted by molar-refractivity contribution is 5.81.